The summed E-state index contributed by atoms with van der Waals surface area (Å²) in [4.78, 5) is 12.3. The fraction of sp³-hybridized carbons (Fsp3) is 0.276. The summed E-state index contributed by atoms with van der Waals surface area (Å²) in [5, 5.41) is 7.95. The monoisotopic (exact) mass is 436 g/mol. The van der Waals surface area contributed by atoms with Crippen molar-refractivity contribution in [3.05, 3.63) is 94.7 Å². The molecule has 0 saturated carbocycles. The molecule has 166 valence electrons. The van der Waals surface area contributed by atoms with Crippen molar-refractivity contribution in [2.45, 2.75) is 44.7 Å². The molecule has 0 radical (unpaired) electrons. The standard InChI is InChI=1S/C29H28N2O2/c1-18(19-6-3-2-4-7-19)31-26-9-5-8-23-25-17-22(12-13-27(25)33-28(23)26)21-11-10-20-14-15-30-29(32)24(20)16-21/h2-4,6-7,10-13,16-18,26,31H,5,8-9,14-15H2,1H3,(H,30,32)/t18?,26-/m1/s1. The molecule has 1 aliphatic carbocycles. The Labute approximate surface area is 194 Å². The molecule has 0 saturated heterocycles. The first kappa shape index (κ1) is 20.3. The molecule has 4 aromatic rings. The summed E-state index contributed by atoms with van der Waals surface area (Å²) in [5.41, 5.74) is 7.69. The van der Waals surface area contributed by atoms with Gasteiger partial charge in [0, 0.05) is 29.1 Å². The number of rotatable bonds is 4. The van der Waals surface area contributed by atoms with E-state index in [-0.39, 0.29) is 18.0 Å². The zero-order chi connectivity index (χ0) is 22.4. The van der Waals surface area contributed by atoms with Crippen molar-refractivity contribution in [1.82, 2.24) is 10.6 Å². The fourth-order valence-electron chi connectivity index (χ4n) is 5.39. The van der Waals surface area contributed by atoms with Gasteiger partial charge >= 0.3 is 0 Å². The number of carbonyl (C=O) groups excluding carboxylic acids is 1. The molecule has 2 heterocycles. The maximum atomic E-state index is 12.3. The van der Waals surface area contributed by atoms with Crippen LogP contribution >= 0.6 is 0 Å². The SMILES string of the molecule is CC(N[C@@H]1CCCc2c1oc1ccc(-c3ccc4c(c3)C(=O)NCC4)cc21)c1ccccc1. The second-order valence-electron chi connectivity index (χ2n) is 9.28. The number of hydrogen-bond donors (Lipinski definition) is 2. The molecule has 0 bridgehead atoms. The van der Waals surface area contributed by atoms with Crippen LogP contribution in [0.1, 0.15) is 64.7 Å². The largest absolute Gasteiger partial charge is 0.459 e. The molecule has 2 N–H and O–H groups in total. The normalized spacial score (nSPS) is 18.5. The quantitative estimate of drug-likeness (QED) is 0.406. The summed E-state index contributed by atoms with van der Waals surface area (Å²) in [6.07, 6.45) is 4.16. The van der Waals surface area contributed by atoms with Crippen LogP contribution in [0.4, 0.5) is 0 Å². The Balaban J connectivity index is 1.34. The Morgan fingerprint density at radius 3 is 2.70 bits per heavy atom. The van der Waals surface area contributed by atoms with Gasteiger partial charge in [0.05, 0.1) is 6.04 Å². The number of nitrogens with one attached hydrogen (secondary N) is 2. The molecule has 1 aliphatic heterocycles. The van der Waals surface area contributed by atoms with Crippen LogP contribution in [-0.2, 0) is 12.8 Å². The van der Waals surface area contributed by atoms with Crippen LogP contribution in [0, 0.1) is 0 Å². The fourth-order valence-corrected chi connectivity index (χ4v) is 5.39. The summed E-state index contributed by atoms with van der Waals surface area (Å²) in [5.74, 6) is 1.11. The molecule has 1 aromatic heterocycles. The zero-order valence-electron chi connectivity index (χ0n) is 18.9. The van der Waals surface area contributed by atoms with E-state index in [1.54, 1.807) is 0 Å². The highest BCUT2D eigenvalue weighted by atomic mass is 16.3. The lowest BCUT2D eigenvalue weighted by molar-refractivity contribution is 0.0946. The van der Waals surface area contributed by atoms with Gasteiger partial charge < -0.3 is 15.1 Å². The van der Waals surface area contributed by atoms with Crippen LogP contribution in [-0.4, -0.2) is 12.5 Å². The number of hydrogen-bond acceptors (Lipinski definition) is 3. The Bertz CT molecular complexity index is 1340. The Morgan fingerprint density at radius 2 is 1.82 bits per heavy atom. The molecule has 0 fully saturated rings. The van der Waals surface area contributed by atoms with Crippen LogP contribution < -0.4 is 10.6 Å². The molecule has 0 spiro atoms. The summed E-state index contributed by atoms with van der Waals surface area (Å²) < 4.78 is 6.41. The van der Waals surface area contributed by atoms with Crippen LogP contribution in [0.5, 0.6) is 0 Å². The highest BCUT2D eigenvalue weighted by molar-refractivity contribution is 5.98. The third-order valence-corrected chi connectivity index (χ3v) is 7.18. The first-order valence-electron chi connectivity index (χ1n) is 12.0. The summed E-state index contributed by atoms with van der Waals surface area (Å²) in [7, 11) is 0. The van der Waals surface area contributed by atoms with Crippen molar-refractivity contribution in [2.75, 3.05) is 6.54 Å². The van der Waals surface area contributed by atoms with Crippen molar-refractivity contribution < 1.29 is 9.21 Å². The first-order chi connectivity index (χ1) is 16.2. The Kier molecular flexibility index (Phi) is 5.03. The van der Waals surface area contributed by atoms with E-state index in [1.165, 1.54) is 16.5 Å². The van der Waals surface area contributed by atoms with Gasteiger partial charge in [-0.25, -0.2) is 0 Å². The summed E-state index contributed by atoms with van der Waals surface area (Å²) in [6.45, 7) is 2.94. The van der Waals surface area contributed by atoms with Gasteiger partial charge in [-0.05, 0) is 73.1 Å². The average molecular weight is 437 g/mol. The van der Waals surface area contributed by atoms with Gasteiger partial charge in [-0.1, -0.05) is 48.5 Å². The van der Waals surface area contributed by atoms with E-state index in [1.807, 2.05) is 6.07 Å². The second kappa shape index (κ2) is 8.20. The molecule has 4 heteroatoms. The summed E-state index contributed by atoms with van der Waals surface area (Å²) in [6, 6.07) is 23.7. The number of furan rings is 1. The molecule has 6 rings (SSSR count). The molecule has 2 aliphatic rings. The molecule has 1 unspecified atom stereocenters. The van der Waals surface area contributed by atoms with E-state index in [2.05, 4.69) is 78.2 Å². The first-order valence-corrected chi connectivity index (χ1v) is 12.0. The minimum absolute atomic E-state index is 0.0290. The highest BCUT2D eigenvalue weighted by Gasteiger charge is 2.28. The van der Waals surface area contributed by atoms with Gasteiger partial charge in [-0.3, -0.25) is 4.79 Å². The predicted octanol–water partition coefficient (Wildman–Crippen LogP) is 6.11. The molecule has 3 aromatic carbocycles. The van der Waals surface area contributed by atoms with E-state index in [4.69, 9.17) is 4.42 Å². The molecule has 1 amide bonds. The zero-order valence-corrected chi connectivity index (χ0v) is 18.9. The lowest BCUT2D eigenvalue weighted by Crippen LogP contribution is -2.31. The molecule has 33 heavy (non-hydrogen) atoms. The van der Waals surface area contributed by atoms with Crippen molar-refractivity contribution in [3.63, 3.8) is 0 Å². The number of fused-ring (bicyclic) bond motifs is 4. The van der Waals surface area contributed by atoms with Gasteiger partial charge in [-0.2, -0.15) is 0 Å². The minimum atomic E-state index is 0.0290. The molecule has 4 nitrogen and oxygen atoms in total. The third-order valence-electron chi connectivity index (χ3n) is 7.18. The van der Waals surface area contributed by atoms with Crippen LogP contribution in [0.2, 0.25) is 0 Å². The maximum absolute atomic E-state index is 12.3. The second-order valence-corrected chi connectivity index (χ2v) is 9.28. The topological polar surface area (TPSA) is 54.3 Å². The van der Waals surface area contributed by atoms with E-state index in [9.17, 15) is 4.79 Å². The number of carbonyl (C=O) groups is 1. The number of benzene rings is 3. The van der Waals surface area contributed by atoms with E-state index < -0.39 is 0 Å². The lowest BCUT2D eigenvalue weighted by Gasteiger charge is -2.26. The van der Waals surface area contributed by atoms with Gasteiger partial charge in [0.1, 0.15) is 11.3 Å². The molecular weight excluding hydrogens is 408 g/mol. The molecule has 2 atom stereocenters. The highest BCUT2D eigenvalue weighted by Crippen LogP contribution is 2.40. The van der Waals surface area contributed by atoms with Crippen LogP contribution in [0.3, 0.4) is 0 Å². The summed E-state index contributed by atoms with van der Waals surface area (Å²) >= 11 is 0. The molecular formula is C29H28N2O2. The van der Waals surface area contributed by atoms with Crippen molar-refractivity contribution in [2.24, 2.45) is 0 Å². The predicted molar refractivity (Wildman–Crippen MR) is 131 cm³/mol. The number of aryl methyl sites for hydroxylation is 1. The smallest absolute Gasteiger partial charge is 0.251 e. The van der Waals surface area contributed by atoms with Crippen molar-refractivity contribution >= 4 is 16.9 Å². The third kappa shape index (κ3) is 3.65. The van der Waals surface area contributed by atoms with Gasteiger partial charge in [-0.15, -0.1) is 0 Å². The van der Waals surface area contributed by atoms with E-state index in [0.29, 0.717) is 0 Å². The maximum Gasteiger partial charge on any atom is 0.251 e. The minimum Gasteiger partial charge on any atom is -0.459 e. The van der Waals surface area contributed by atoms with E-state index in [0.717, 1.165) is 65.8 Å². The average Bonchev–Trinajstić information content (AvgIpc) is 3.24. The van der Waals surface area contributed by atoms with Gasteiger partial charge in [0.2, 0.25) is 0 Å². The Hall–Kier alpha value is -3.37. The number of amides is 1. The van der Waals surface area contributed by atoms with Gasteiger partial charge in [0.15, 0.2) is 0 Å². The van der Waals surface area contributed by atoms with Crippen molar-refractivity contribution in [1.29, 1.82) is 0 Å². The van der Waals surface area contributed by atoms with Crippen molar-refractivity contribution in [3.8, 4) is 11.1 Å². The Morgan fingerprint density at radius 1 is 1.00 bits per heavy atom. The lowest BCUT2D eigenvalue weighted by atomic mass is 9.90. The van der Waals surface area contributed by atoms with Crippen LogP contribution in [0.25, 0.3) is 22.1 Å². The van der Waals surface area contributed by atoms with Crippen LogP contribution in [0.15, 0.2) is 71.1 Å². The van der Waals surface area contributed by atoms with E-state index >= 15 is 0 Å². The van der Waals surface area contributed by atoms with Gasteiger partial charge in [0.25, 0.3) is 5.91 Å².